The molecule has 0 unspecified atom stereocenters. The van der Waals surface area contributed by atoms with E-state index < -0.39 is 18.0 Å². The number of imide groups is 2. The van der Waals surface area contributed by atoms with Gasteiger partial charge in [0.25, 0.3) is 5.91 Å². The van der Waals surface area contributed by atoms with Crippen LogP contribution in [0.25, 0.3) is 0 Å². The number of urea groups is 2. The van der Waals surface area contributed by atoms with Crippen molar-refractivity contribution in [1.82, 2.24) is 10.2 Å². The molecule has 1 aliphatic rings. The molecule has 1 aromatic rings. The SMILES string of the molecule is CC(C)NC(=O)N1CC(=O)N(c2cc(Cl)cc(Cl)c2)C1=O.[Ca]. The van der Waals surface area contributed by atoms with E-state index in [0.717, 1.165) is 9.80 Å². The van der Waals surface area contributed by atoms with Crippen LogP contribution in [0.5, 0.6) is 0 Å². The number of nitrogens with one attached hydrogen (secondary N) is 1. The van der Waals surface area contributed by atoms with Gasteiger partial charge in [-0.1, -0.05) is 23.2 Å². The number of rotatable bonds is 2. The molecule has 22 heavy (non-hydrogen) atoms. The predicted molar refractivity (Wildman–Crippen MR) is 85.5 cm³/mol. The van der Waals surface area contributed by atoms with E-state index in [4.69, 9.17) is 23.2 Å². The molecule has 9 heteroatoms. The van der Waals surface area contributed by atoms with Crippen LogP contribution in [0.1, 0.15) is 13.8 Å². The number of hydrogen-bond acceptors (Lipinski definition) is 3. The Balaban J connectivity index is 0.00000242. The normalized spacial score (nSPS) is 14.4. The standard InChI is InChI=1S/C13H13Cl2N3O3.Ca/c1-7(2)16-12(20)17-6-11(19)18(13(17)21)10-4-8(14)3-9(15)5-10;/h3-5,7H,6H2,1-2H3,(H,16,20);. The smallest absolute Gasteiger partial charge is 0.335 e. The topological polar surface area (TPSA) is 69.7 Å². The second kappa shape index (κ2) is 7.84. The van der Waals surface area contributed by atoms with Crippen molar-refractivity contribution in [3.63, 3.8) is 0 Å². The average Bonchev–Trinajstić information content (AvgIpc) is 2.62. The number of nitrogens with zero attached hydrogens (tertiary/aromatic N) is 2. The first-order valence-corrected chi connectivity index (χ1v) is 6.96. The maximum Gasteiger partial charge on any atom is 0.340 e. The minimum absolute atomic E-state index is 0. The fraction of sp³-hybridized carbons (Fsp3) is 0.308. The van der Waals surface area contributed by atoms with Gasteiger partial charge in [-0.2, -0.15) is 0 Å². The summed E-state index contributed by atoms with van der Waals surface area (Å²) in [6.07, 6.45) is 0. The zero-order valence-electron chi connectivity index (χ0n) is 12.1. The van der Waals surface area contributed by atoms with Crippen LogP contribution in [0.4, 0.5) is 15.3 Å². The fourth-order valence-electron chi connectivity index (χ4n) is 1.91. The monoisotopic (exact) mass is 369 g/mol. The van der Waals surface area contributed by atoms with Crippen molar-refractivity contribution in [2.45, 2.75) is 19.9 Å². The largest absolute Gasteiger partial charge is 0.340 e. The van der Waals surface area contributed by atoms with Gasteiger partial charge in [-0.25, -0.2) is 19.4 Å². The molecule has 0 bridgehead atoms. The van der Waals surface area contributed by atoms with Crippen LogP contribution >= 0.6 is 23.2 Å². The maximum atomic E-state index is 12.2. The van der Waals surface area contributed by atoms with Gasteiger partial charge >= 0.3 is 12.1 Å². The Labute approximate surface area is 167 Å². The number of halogens is 2. The first-order valence-electron chi connectivity index (χ1n) is 6.20. The summed E-state index contributed by atoms with van der Waals surface area (Å²) in [6, 6.07) is 2.88. The van der Waals surface area contributed by atoms with Crippen molar-refractivity contribution in [2.24, 2.45) is 0 Å². The van der Waals surface area contributed by atoms with Gasteiger partial charge in [0.15, 0.2) is 0 Å². The first kappa shape index (κ1) is 19.5. The van der Waals surface area contributed by atoms with Crippen molar-refractivity contribution >= 4 is 84.6 Å². The van der Waals surface area contributed by atoms with Gasteiger partial charge in [0.2, 0.25) is 0 Å². The van der Waals surface area contributed by atoms with Crippen LogP contribution in [0.15, 0.2) is 18.2 Å². The first-order chi connectivity index (χ1) is 9.79. The molecule has 5 amide bonds. The second-order valence-corrected chi connectivity index (χ2v) is 5.70. The molecule has 0 aromatic heterocycles. The van der Waals surface area contributed by atoms with Gasteiger partial charge in [-0.05, 0) is 32.0 Å². The van der Waals surface area contributed by atoms with Crippen LogP contribution in [-0.4, -0.2) is 73.2 Å². The van der Waals surface area contributed by atoms with E-state index >= 15 is 0 Å². The molecule has 1 heterocycles. The van der Waals surface area contributed by atoms with Crippen LogP contribution in [0.3, 0.4) is 0 Å². The van der Waals surface area contributed by atoms with E-state index in [2.05, 4.69) is 5.32 Å². The Morgan fingerprint density at radius 2 is 1.73 bits per heavy atom. The zero-order valence-corrected chi connectivity index (χ0v) is 15.8. The molecule has 0 saturated carbocycles. The number of carbonyl (C=O) groups excluding carboxylic acids is 3. The number of benzene rings is 1. The summed E-state index contributed by atoms with van der Waals surface area (Å²) < 4.78 is 0. The Morgan fingerprint density at radius 1 is 1.18 bits per heavy atom. The van der Waals surface area contributed by atoms with E-state index in [9.17, 15) is 14.4 Å². The van der Waals surface area contributed by atoms with E-state index in [1.807, 2.05) is 0 Å². The summed E-state index contributed by atoms with van der Waals surface area (Å²) >= 11 is 11.7. The van der Waals surface area contributed by atoms with Gasteiger partial charge in [-0.15, -0.1) is 0 Å². The van der Waals surface area contributed by atoms with Gasteiger partial charge in [0.05, 0.1) is 5.69 Å². The summed E-state index contributed by atoms with van der Waals surface area (Å²) in [5.74, 6) is -0.516. The van der Waals surface area contributed by atoms with Crippen molar-refractivity contribution in [3.05, 3.63) is 28.2 Å². The van der Waals surface area contributed by atoms with Crippen molar-refractivity contribution in [3.8, 4) is 0 Å². The third-order valence-corrected chi connectivity index (χ3v) is 3.16. The summed E-state index contributed by atoms with van der Waals surface area (Å²) in [4.78, 5) is 37.9. The van der Waals surface area contributed by atoms with Gasteiger partial charge in [-0.3, -0.25) is 4.79 Å². The fourth-order valence-corrected chi connectivity index (χ4v) is 2.42. The molecule has 0 atom stereocenters. The van der Waals surface area contributed by atoms with Crippen molar-refractivity contribution in [1.29, 1.82) is 0 Å². The third-order valence-electron chi connectivity index (χ3n) is 2.73. The Morgan fingerprint density at radius 3 is 2.23 bits per heavy atom. The number of anilines is 1. The summed E-state index contributed by atoms with van der Waals surface area (Å²) in [6.45, 7) is 3.20. The number of hydrogen-bond donors (Lipinski definition) is 1. The van der Waals surface area contributed by atoms with Crippen molar-refractivity contribution < 1.29 is 14.4 Å². The molecule has 6 nitrogen and oxygen atoms in total. The Bertz CT molecular complexity index is 604. The second-order valence-electron chi connectivity index (χ2n) is 4.83. The Hall–Kier alpha value is -0.530. The zero-order chi connectivity index (χ0) is 15.7. The summed E-state index contributed by atoms with van der Waals surface area (Å²) in [5.41, 5.74) is 0.238. The molecular weight excluding hydrogens is 357 g/mol. The molecular formula is C13H13CaCl2N3O3. The van der Waals surface area contributed by atoms with E-state index in [1.165, 1.54) is 18.2 Å². The maximum absolute atomic E-state index is 12.2. The Kier molecular flexibility index (Phi) is 6.95. The quantitative estimate of drug-likeness (QED) is 0.643. The minimum Gasteiger partial charge on any atom is -0.335 e. The average molecular weight is 370 g/mol. The van der Waals surface area contributed by atoms with Crippen LogP contribution in [0, 0.1) is 0 Å². The molecule has 2 radical (unpaired) electrons. The number of amides is 5. The van der Waals surface area contributed by atoms with E-state index in [-0.39, 0.29) is 56.0 Å². The van der Waals surface area contributed by atoms with Gasteiger partial charge in [0.1, 0.15) is 6.54 Å². The minimum atomic E-state index is -0.725. The number of carbonyl (C=O) groups is 3. The predicted octanol–water partition coefficient (Wildman–Crippen LogP) is 2.50. The van der Waals surface area contributed by atoms with E-state index in [0.29, 0.717) is 10.0 Å². The molecule has 1 N–H and O–H groups in total. The van der Waals surface area contributed by atoms with Crippen LogP contribution in [-0.2, 0) is 4.79 Å². The van der Waals surface area contributed by atoms with Gasteiger partial charge < -0.3 is 5.32 Å². The molecule has 2 rings (SSSR count). The van der Waals surface area contributed by atoms with Gasteiger partial charge in [0, 0.05) is 53.8 Å². The molecule has 1 fully saturated rings. The molecule has 0 aliphatic carbocycles. The molecule has 1 aliphatic heterocycles. The van der Waals surface area contributed by atoms with Crippen LogP contribution in [0.2, 0.25) is 10.0 Å². The molecule has 1 saturated heterocycles. The third kappa shape index (κ3) is 4.26. The molecule has 1 aromatic carbocycles. The van der Waals surface area contributed by atoms with E-state index in [1.54, 1.807) is 13.8 Å². The summed E-state index contributed by atoms with van der Waals surface area (Å²) in [7, 11) is 0. The molecule has 0 spiro atoms. The van der Waals surface area contributed by atoms with Crippen molar-refractivity contribution in [2.75, 3.05) is 11.4 Å². The summed E-state index contributed by atoms with van der Waals surface area (Å²) in [5, 5.41) is 3.15. The van der Waals surface area contributed by atoms with Crippen LogP contribution < -0.4 is 10.2 Å². The molecule has 114 valence electrons.